The second kappa shape index (κ2) is 6.45. The number of halogens is 1. The molecule has 0 aliphatic heterocycles. The van der Waals surface area contributed by atoms with Gasteiger partial charge in [-0.2, -0.15) is 0 Å². The van der Waals surface area contributed by atoms with Crippen molar-refractivity contribution in [2.45, 2.75) is 13.8 Å². The molecule has 0 saturated heterocycles. The van der Waals surface area contributed by atoms with E-state index in [0.29, 0.717) is 6.54 Å². The molecule has 2 aromatic carbocycles. The van der Waals surface area contributed by atoms with E-state index in [9.17, 15) is 0 Å². The van der Waals surface area contributed by atoms with Gasteiger partial charge in [-0.05, 0) is 59.1 Å². The summed E-state index contributed by atoms with van der Waals surface area (Å²) in [5.41, 5.74) is 4.65. The summed E-state index contributed by atoms with van der Waals surface area (Å²) >= 11 is 3.58. The lowest BCUT2D eigenvalue weighted by atomic mass is 10.1. The van der Waals surface area contributed by atoms with E-state index in [2.05, 4.69) is 59.1 Å². The Balaban J connectivity index is 2.03. The van der Waals surface area contributed by atoms with Crippen molar-refractivity contribution in [1.82, 2.24) is 0 Å². The summed E-state index contributed by atoms with van der Waals surface area (Å²) in [5.74, 6) is 6.27. The monoisotopic (exact) mass is 313 g/mol. The fourth-order valence-corrected chi connectivity index (χ4v) is 2.75. The zero-order valence-electron chi connectivity index (χ0n) is 11.1. The molecule has 19 heavy (non-hydrogen) atoms. The summed E-state index contributed by atoms with van der Waals surface area (Å²) in [6.45, 7) is 4.83. The van der Waals surface area contributed by atoms with E-state index in [-0.39, 0.29) is 0 Å². The Bertz CT molecular complexity index is 598. The van der Waals surface area contributed by atoms with Crippen LogP contribution in [-0.2, 0) is 0 Å². The van der Waals surface area contributed by atoms with Gasteiger partial charge in [0.25, 0.3) is 0 Å². The maximum atomic E-state index is 3.58. The molecule has 0 heterocycles. The molecule has 0 saturated carbocycles. The Hall–Kier alpha value is -1.72. The molecule has 0 amide bonds. The minimum absolute atomic E-state index is 0.636. The van der Waals surface area contributed by atoms with Crippen LogP contribution in [0.4, 0.5) is 5.69 Å². The molecule has 0 bridgehead atoms. The van der Waals surface area contributed by atoms with Crippen molar-refractivity contribution in [2.75, 3.05) is 11.9 Å². The number of hydrogen-bond acceptors (Lipinski definition) is 1. The number of rotatable bonds is 2. The van der Waals surface area contributed by atoms with E-state index in [0.717, 1.165) is 15.7 Å². The molecule has 0 unspecified atom stereocenters. The van der Waals surface area contributed by atoms with Crippen molar-refractivity contribution in [3.8, 4) is 11.8 Å². The Morgan fingerprint density at radius 2 is 1.84 bits per heavy atom. The Kier molecular flexibility index (Phi) is 4.65. The van der Waals surface area contributed by atoms with Crippen molar-refractivity contribution in [3.63, 3.8) is 0 Å². The highest BCUT2D eigenvalue weighted by molar-refractivity contribution is 9.10. The molecular weight excluding hydrogens is 298 g/mol. The zero-order chi connectivity index (χ0) is 13.7. The standard InChI is InChI=1S/C17H16BrN/c1-13-11-14(2)17(16(18)12-13)19-10-6-9-15-7-4-3-5-8-15/h3-5,7-8,11-12,19H,10H2,1-2H3. The van der Waals surface area contributed by atoms with E-state index in [4.69, 9.17) is 0 Å². The van der Waals surface area contributed by atoms with Gasteiger partial charge in [-0.3, -0.25) is 0 Å². The van der Waals surface area contributed by atoms with Gasteiger partial charge in [0.2, 0.25) is 0 Å². The molecular formula is C17H16BrN. The van der Waals surface area contributed by atoms with Crippen LogP contribution < -0.4 is 5.32 Å². The van der Waals surface area contributed by atoms with E-state index in [1.54, 1.807) is 0 Å². The molecule has 0 spiro atoms. The Labute approximate surface area is 123 Å². The van der Waals surface area contributed by atoms with Crippen molar-refractivity contribution in [3.05, 3.63) is 63.6 Å². The average Bonchev–Trinajstić information content (AvgIpc) is 2.38. The predicted molar refractivity (Wildman–Crippen MR) is 85.4 cm³/mol. The van der Waals surface area contributed by atoms with Crippen LogP contribution in [0.5, 0.6) is 0 Å². The van der Waals surface area contributed by atoms with Gasteiger partial charge in [0.05, 0.1) is 12.2 Å². The number of aryl methyl sites for hydroxylation is 2. The van der Waals surface area contributed by atoms with E-state index in [1.807, 2.05) is 30.3 Å². The normalized spacial score (nSPS) is 9.63. The third kappa shape index (κ3) is 3.87. The average molecular weight is 314 g/mol. The van der Waals surface area contributed by atoms with Crippen molar-refractivity contribution in [2.24, 2.45) is 0 Å². The quantitative estimate of drug-likeness (QED) is 0.803. The lowest BCUT2D eigenvalue weighted by molar-refractivity contribution is 1.29. The Morgan fingerprint density at radius 3 is 2.53 bits per heavy atom. The summed E-state index contributed by atoms with van der Waals surface area (Å²) in [6.07, 6.45) is 0. The van der Waals surface area contributed by atoms with E-state index >= 15 is 0 Å². The number of nitrogens with one attached hydrogen (secondary N) is 1. The molecule has 2 aromatic rings. The molecule has 0 aliphatic rings. The summed E-state index contributed by atoms with van der Waals surface area (Å²) in [7, 11) is 0. The number of anilines is 1. The van der Waals surface area contributed by atoms with Gasteiger partial charge in [0.15, 0.2) is 0 Å². The van der Waals surface area contributed by atoms with Crippen LogP contribution in [0.2, 0.25) is 0 Å². The predicted octanol–water partition coefficient (Wildman–Crippen LogP) is 4.53. The molecule has 2 rings (SSSR count). The van der Waals surface area contributed by atoms with Gasteiger partial charge in [-0.15, -0.1) is 0 Å². The van der Waals surface area contributed by atoms with Crippen molar-refractivity contribution in [1.29, 1.82) is 0 Å². The first-order valence-corrected chi connectivity index (χ1v) is 7.00. The van der Waals surface area contributed by atoms with Crippen molar-refractivity contribution < 1.29 is 0 Å². The van der Waals surface area contributed by atoms with Gasteiger partial charge >= 0.3 is 0 Å². The summed E-state index contributed by atoms with van der Waals surface area (Å²) < 4.78 is 1.09. The SMILES string of the molecule is Cc1cc(C)c(NCC#Cc2ccccc2)c(Br)c1. The lowest BCUT2D eigenvalue weighted by Crippen LogP contribution is -2.02. The first-order chi connectivity index (χ1) is 9.16. The van der Waals surface area contributed by atoms with Gasteiger partial charge in [-0.25, -0.2) is 0 Å². The fraction of sp³-hybridized carbons (Fsp3) is 0.176. The maximum absolute atomic E-state index is 3.58. The molecule has 96 valence electrons. The minimum atomic E-state index is 0.636. The lowest BCUT2D eigenvalue weighted by Gasteiger charge is -2.10. The molecule has 2 heteroatoms. The third-order valence-electron chi connectivity index (χ3n) is 2.79. The van der Waals surface area contributed by atoms with E-state index < -0.39 is 0 Å². The van der Waals surface area contributed by atoms with Crippen LogP contribution in [0, 0.1) is 25.7 Å². The van der Waals surface area contributed by atoms with Gasteiger partial charge in [0.1, 0.15) is 0 Å². The number of hydrogen-bond donors (Lipinski definition) is 1. The molecule has 0 aliphatic carbocycles. The van der Waals surface area contributed by atoms with Crippen LogP contribution in [0.25, 0.3) is 0 Å². The maximum Gasteiger partial charge on any atom is 0.0770 e. The highest BCUT2D eigenvalue weighted by Crippen LogP contribution is 2.27. The van der Waals surface area contributed by atoms with Crippen LogP contribution >= 0.6 is 15.9 Å². The molecule has 0 fully saturated rings. The number of benzene rings is 2. The smallest absolute Gasteiger partial charge is 0.0770 e. The first kappa shape index (κ1) is 13.7. The van der Waals surface area contributed by atoms with Gasteiger partial charge < -0.3 is 5.32 Å². The second-order valence-electron chi connectivity index (χ2n) is 4.46. The summed E-state index contributed by atoms with van der Waals surface area (Å²) in [6, 6.07) is 14.3. The topological polar surface area (TPSA) is 12.0 Å². The van der Waals surface area contributed by atoms with Crippen molar-refractivity contribution >= 4 is 21.6 Å². The van der Waals surface area contributed by atoms with Crippen LogP contribution in [0.3, 0.4) is 0 Å². The highest BCUT2D eigenvalue weighted by Gasteiger charge is 2.02. The fourth-order valence-electron chi connectivity index (χ4n) is 1.94. The van der Waals surface area contributed by atoms with E-state index in [1.165, 1.54) is 11.1 Å². The third-order valence-corrected chi connectivity index (χ3v) is 3.42. The van der Waals surface area contributed by atoms with Gasteiger partial charge in [0, 0.05) is 10.0 Å². The molecule has 0 radical (unpaired) electrons. The van der Waals surface area contributed by atoms with Crippen LogP contribution in [0.1, 0.15) is 16.7 Å². The largest absolute Gasteiger partial charge is 0.373 e. The molecule has 0 aromatic heterocycles. The summed E-state index contributed by atoms with van der Waals surface area (Å²) in [4.78, 5) is 0. The Morgan fingerprint density at radius 1 is 1.11 bits per heavy atom. The highest BCUT2D eigenvalue weighted by atomic mass is 79.9. The minimum Gasteiger partial charge on any atom is -0.373 e. The summed E-state index contributed by atoms with van der Waals surface area (Å²) in [5, 5.41) is 3.36. The molecule has 1 N–H and O–H groups in total. The molecule has 0 atom stereocenters. The van der Waals surface area contributed by atoms with Crippen LogP contribution in [0.15, 0.2) is 46.9 Å². The molecule has 1 nitrogen and oxygen atoms in total. The van der Waals surface area contributed by atoms with Gasteiger partial charge in [-0.1, -0.05) is 36.1 Å². The zero-order valence-corrected chi connectivity index (χ0v) is 12.7. The second-order valence-corrected chi connectivity index (χ2v) is 5.31. The van der Waals surface area contributed by atoms with Crippen LogP contribution in [-0.4, -0.2) is 6.54 Å². The first-order valence-electron chi connectivity index (χ1n) is 6.21.